The molecule has 0 saturated carbocycles. The molecule has 1 aromatic rings. The minimum atomic E-state index is -3.39. The minimum absolute atomic E-state index is 0.0909. The smallest absolute Gasteiger partial charge is 0.205 e. The summed E-state index contributed by atoms with van der Waals surface area (Å²) in [5.74, 6) is 0.0909. The molecule has 0 aliphatic carbocycles. The third-order valence-electron chi connectivity index (χ3n) is 3.62. The summed E-state index contributed by atoms with van der Waals surface area (Å²) in [5, 5.41) is 4.71. The highest BCUT2D eigenvalue weighted by atomic mass is 35.5. The van der Waals surface area contributed by atoms with E-state index < -0.39 is 10.0 Å². The molecule has 0 saturated heterocycles. The predicted molar refractivity (Wildman–Crippen MR) is 104 cm³/mol. The van der Waals surface area contributed by atoms with Gasteiger partial charge < -0.3 is 0 Å². The van der Waals surface area contributed by atoms with Crippen LogP contribution in [0, 0.1) is 0 Å². The van der Waals surface area contributed by atoms with Crippen LogP contribution in [0.5, 0.6) is 0 Å². The Bertz CT molecular complexity index is 619. The number of hydrazone groups is 1. The van der Waals surface area contributed by atoms with E-state index in [1.807, 2.05) is 0 Å². The van der Waals surface area contributed by atoms with E-state index in [1.54, 1.807) is 18.2 Å². The van der Waals surface area contributed by atoms with Gasteiger partial charge in [0.05, 0.1) is 17.0 Å². The summed E-state index contributed by atoms with van der Waals surface area (Å²) >= 11 is 11.8. The van der Waals surface area contributed by atoms with E-state index in [-0.39, 0.29) is 5.75 Å². The molecule has 1 rings (SSSR count). The second-order valence-corrected chi connectivity index (χ2v) is 8.47. The second-order valence-electron chi connectivity index (χ2n) is 5.81. The van der Waals surface area contributed by atoms with E-state index in [2.05, 4.69) is 16.9 Å². The fourth-order valence-corrected chi connectivity index (χ4v) is 3.60. The van der Waals surface area contributed by atoms with Gasteiger partial charge >= 0.3 is 0 Å². The summed E-state index contributed by atoms with van der Waals surface area (Å²) in [6, 6.07) is 4.93. The first-order chi connectivity index (χ1) is 11.4. The van der Waals surface area contributed by atoms with E-state index in [1.165, 1.54) is 38.3 Å². The molecule has 0 unspecified atom stereocenters. The number of hydrogen-bond acceptors (Lipinski definition) is 3. The third-order valence-corrected chi connectivity index (χ3v) is 5.40. The average molecular weight is 393 g/mol. The van der Waals surface area contributed by atoms with Gasteiger partial charge in [0.1, 0.15) is 0 Å². The second kappa shape index (κ2) is 11.7. The van der Waals surface area contributed by atoms with Crippen LogP contribution in [-0.4, -0.2) is 20.4 Å². The van der Waals surface area contributed by atoms with Gasteiger partial charge in [0.2, 0.25) is 10.0 Å². The highest BCUT2D eigenvalue weighted by Crippen LogP contribution is 2.19. The highest BCUT2D eigenvalue weighted by Gasteiger charge is 2.07. The van der Waals surface area contributed by atoms with Crippen LogP contribution in [0.4, 0.5) is 0 Å². The van der Waals surface area contributed by atoms with Crippen molar-refractivity contribution in [1.82, 2.24) is 4.83 Å². The maximum atomic E-state index is 11.9. The molecule has 1 aromatic carbocycles. The molecular weight excluding hydrogens is 367 g/mol. The Labute approximate surface area is 155 Å². The third kappa shape index (κ3) is 9.50. The number of nitrogens with zero attached hydrogens (tertiary/aromatic N) is 1. The van der Waals surface area contributed by atoms with Crippen LogP contribution in [0.25, 0.3) is 0 Å². The van der Waals surface area contributed by atoms with Gasteiger partial charge in [-0.1, -0.05) is 81.1 Å². The number of sulfonamides is 1. The minimum Gasteiger partial charge on any atom is -0.205 e. The highest BCUT2D eigenvalue weighted by molar-refractivity contribution is 7.89. The van der Waals surface area contributed by atoms with Crippen LogP contribution < -0.4 is 4.83 Å². The van der Waals surface area contributed by atoms with Gasteiger partial charge in [0, 0.05) is 10.6 Å². The number of unbranched alkanes of at least 4 members (excludes halogenated alkanes) is 7. The van der Waals surface area contributed by atoms with Gasteiger partial charge in [-0.05, 0) is 18.6 Å². The quantitative estimate of drug-likeness (QED) is 0.294. The molecular formula is C17H26Cl2N2O2S. The number of hydrogen-bond donors (Lipinski definition) is 1. The monoisotopic (exact) mass is 392 g/mol. The van der Waals surface area contributed by atoms with E-state index >= 15 is 0 Å². The van der Waals surface area contributed by atoms with Crippen molar-refractivity contribution in [3.63, 3.8) is 0 Å². The summed E-state index contributed by atoms with van der Waals surface area (Å²) in [7, 11) is -3.39. The van der Waals surface area contributed by atoms with Crippen LogP contribution in [0.2, 0.25) is 10.0 Å². The maximum Gasteiger partial charge on any atom is 0.247 e. The van der Waals surface area contributed by atoms with Crippen LogP contribution in [0.1, 0.15) is 63.9 Å². The lowest BCUT2D eigenvalue weighted by atomic mass is 10.1. The maximum absolute atomic E-state index is 11.9. The Kier molecular flexibility index (Phi) is 10.4. The molecule has 136 valence electrons. The summed E-state index contributed by atoms with van der Waals surface area (Å²) in [5.41, 5.74) is 0.607. The van der Waals surface area contributed by atoms with Gasteiger partial charge in [-0.3, -0.25) is 0 Å². The number of benzene rings is 1. The first-order valence-electron chi connectivity index (χ1n) is 8.42. The standard InChI is InChI=1S/C17H26Cl2N2O2S/c1-2-3-4-5-6-7-8-9-12-24(22,23)21-20-14-15-10-11-16(18)13-17(15)19/h10-11,13-14,21H,2-9,12H2,1H3/b20-14-. The fourth-order valence-electron chi connectivity index (χ4n) is 2.25. The first kappa shape index (κ1) is 21.3. The van der Waals surface area contributed by atoms with Crippen molar-refractivity contribution in [2.45, 2.75) is 58.3 Å². The average Bonchev–Trinajstić information content (AvgIpc) is 2.52. The zero-order chi connectivity index (χ0) is 17.8. The molecule has 0 fully saturated rings. The molecule has 0 amide bonds. The first-order valence-corrected chi connectivity index (χ1v) is 10.8. The van der Waals surface area contributed by atoms with Crippen LogP contribution in [0.15, 0.2) is 23.3 Å². The molecule has 0 aromatic heterocycles. The molecule has 0 heterocycles. The molecule has 0 aliphatic rings. The lowest BCUT2D eigenvalue weighted by Gasteiger charge is -2.04. The van der Waals surface area contributed by atoms with Crippen molar-refractivity contribution in [1.29, 1.82) is 0 Å². The Morgan fingerprint density at radius 2 is 1.67 bits per heavy atom. The van der Waals surface area contributed by atoms with Crippen molar-refractivity contribution in [2.24, 2.45) is 5.10 Å². The van der Waals surface area contributed by atoms with Gasteiger partial charge in [0.25, 0.3) is 0 Å². The molecule has 0 radical (unpaired) electrons. The molecule has 0 spiro atoms. The summed E-state index contributed by atoms with van der Waals surface area (Å²) in [6.45, 7) is 2.20. The van der Waals surface area contributed by atoms with Crippen LogP contribution in [0.3, 0.4) is 0 Å². The zero-order valence-corrected chi connectivity index (χ0v) is 16.4. The van der Waals surface area contributed by atoms with Crippen molar-refractivity contribution < 1.29 is 8.42 Å². The Hall–Kier alpha value is -0.780. The van der Waals surface area contributed by atoms with E-state index in [4.69, 9.17) is 23.2 Å². The molecule has 0 bridgehead atoms. The molecule has 0 aliphatic heterocycles. The molecule has 0 atom stereocenters. The summed E-state index contributed by atoms with van der Waals surface area (Å²) < 4.78 is 23.7. The zero-order valence-electron chi connectivity index (χ0n) is 14.1. The number of halogens is 2. The summed E-state index contributed by atoms with van der Waals surface area (Å²) in [4.78, 5) is 2.22. The van der Waals surface area contributed by atoms with Crippen molar-refractivity contribution in [2.75, 3.05) is 5.75 Å². The molecule has 4 nitrogen and oxygen atoms in total. The fraction of sp³-hybridized carbons (Fsp3) is 0.588. The number of rotatable bonds is 12. The van der Waals surface area contributed by atoms with E-state index in [0.29, 0.717) is 22.0 Å². The largest absolute Gasteiger partial charge is 0.247 e. The van der Waals surface area contributed by atoms with Crippen LogP contribution >= 0.6 is 23.2 Å². The molecule has 24 heavy (non-hydrogen) atoms. The van der Waals surface area contributed by atoms with Gasteiger partial charge in [-0.15, -0.1) is 0 Å². The lowest BCUT2D eigenvalue weighted by molar-refractivity contribution is 0.566. The van der Waals surface area contributed by atoms with Crippen molar-refractivity contribution >= 4 is 39.4 Å². The topological polar surface area (TPSA) is 58.5 Å². The SMILES string of the molecule is CCCCCCCCCCS(=O)(=O)N/N=C\c1ccc(Cl)cc1Cl. The Morgan fingerprint density at radius 1 is 1.04 bits per heavy atom. The molecule has 1 N–H and O–H groups in total. The normalized spacial score (nSPS) is 12.0. The molecule has 7 heteroatoms. The van der Waals surface area contributed by atoms with Gasteiger partial charge in [0.15, 0.2) is 0 Å². The lowest BCUT2D eigenvalue weighted by Crippen LogP contribution is -2.21. The Morgan fingerprint density at radius 3 is 2.29 bits per heavy atom. The number of nitrogens with one attached hydrogen (secondary N) is 1. The van der Waals surface area contributed by atoms with E-state index in [0.717, 1.165) is 12.8 Å². The Balaban J connectivity index is 2.25. The van der Waals surface area contributed by atoms with Crippen molar-refractivity contribution in [3.8, 4) is 0 Å². The van der Waals surface area contributed by atoms with Crippen LogP contribution in [-0.2, 0) is 10.0 Å². The predicted octanol–water partition coefficient (Wildman–Crippen LogP) is 5.39. The summed E-state index contributed by atoms with van der Waals surface area (Å²) in [6.07, 6.45) is 10.3. The van der Waals surface area contributed by atoms with Gasteiger partial charge in [-0.25, -0.2) is 13.2 Å². The van der Waals surface area contributed by atoms with Crippen molar-refractivity contribution in [3.05, 3.63) is 33.8 Å². The van der Waals surface area contributed by atoms with E-state index in [9.17, 15) is 8.42 Å². The van der Waals surface area contributed by atoms with Gasteiger partial charge in [-0.2, -0.15) is 5.10 Å².